The minimum Gasteiger partial charge on any atom is -0.391 e. The molecular weight excluding hydrogens is 282 g/mol. The Morgan fingerprint density at radius 3 is 2.67 bits per heavy atom. The van der Waals surface area contributed by atoms with Gasteiger partial charge in [-0.2, -0.15) is 0 Å². The Bertz CT molecular complexity index is 471. The third-order valence-electron chi connectivity index (χ3n) is 4.77. The molecule has 1 heterocycles. The van der Waals surface area contributed by atoms with Crippen LogP contribution in [-0.4, -0.2) is 23.2 Å². The molecule has 0 saturated heterocycles. The van der Waals surface area contributed by atoms with Crippen molar-refractivity contribution in [1.82, 2.24) is 5.32 Å². The molecule has 4 heteroatoms. The van der Waals surface area contributed by atoms with Gasteiger partial charge < -0.3 is 10.4 Å². The van der Waals surface area contributed by atoms with E-state index in [0.717, 1.165) is 43.4 Å². The summed E-state index contributed by atoms with van der Waals surface area (Å²) in [7, 11) is 0. The van der Waals surface area contributed by atoms with Gasteiger partial charge in [0.15, 0.2) is 0 Å². The van der Waals surface area contributed by atoms with Crippen LogP contribution < -0.4 is 5.32 Å². The summed E-state index contributed by atoms with van der Waals surface area (Å²) in [4.78, 5) is 14.7. The monoisotopic (exact) mass is 307 g/mol. The Morgan fingerprint density at radius 1 is 1.10 bits per heavy atom. The molecule has 1 amide bonds. The number of amides is 1. The number of aryl methyl sites for hydroxylation is 2. The maximum absolute atomic E-state index is 12.4. The highest BCUT2D eigenvalue weighted by Crippen LogP contribution is 2.29. The summed E-state index contributed by atoms with van der Waals surface area (Å²) in [5.41, 5.74) is 1.38. The highest BCUT2D eigenvalue weighted by Gasteiger charge is 2.26. The van der Waals surface area contributed by atoms with E-state index >= 15 is 0 Å². The smallest absolute Gasteiger partial charge is 0.261 e. The predicted octanol–water partition coefficient (Wildman–Crippen LogP) is 3.44. The quantitative estimate of drug-likeness (QED) is 0.879. The van der Waals surface area contributed by atoms with Gasteiger partial charge in [0, 0.05) is 4.88 Å². The maximum Gasteiger partial charge on any atom is 0.261 e. The van der Waals surface area contributed by atoms with Crippen LogP contribution in [0, 0.1) is 0 Å². The summed E-state index contributed by atoms with van der Waals surface area (Å²) in [6.45, 7) is 0. The second kappa shape index (κ2) is 6.93. The molecule has 0 aromatic carbocycles. The number of carbonyl (C=O) groups excluding carboxylic acids is 1. The van der Waals surface area contributed by atoms with Crippen molar-refractivity contribution in [1.29, 1.82) is 0 Å². The van der Waals surface area contributed by atoms with Crippen LogP contribution in [0.15, 0.2) is 6.07 Å². The molecule has 2 aliphatic rings. The van der Waals surface area contributed by atoms with Gasteiger partial charge in [0.1, 0.15) is 0 Å². The van der Waals surface area contributed by atoms with E-state index in [-0.39, 0.29) is 18.1 Å². The number of carbonyl (C=O) groups is 1. The zero-order valence-electron chi connectivity index (χ0n) is 12.6. The Labute approximate surface area is 130 Å². The number of hydrogen-bond acceptors (Lipinski definition) is 3. The molecule has 2 aliphatic carbocycles. The molecule has 3 rings (SSSR count). The van der Waals surface area contributed by atoms with E-state index in [1.54, 1.807) is 11.3 Å². The van der Waals surface area contributed by atoms with Gasteiger partial charge in [0.25, 0.3) is 5.91 Å². The molecule has 0 unspecified atom stereocenters. The number of hydrogen-bond donors (Lipinski definition) is 2. The number of thiophene rings is 1. The van der Waals surface area contributed by atoms with Crippen molar-refractivity contribution >= 4 is 17.2 Å². The third kappa shape index (κ3) is 3.67. The van der Waals surface area contributed by atoms with Crippen LogP contribution in [0.5, 0.6) is 0 Å². The topological polar surface area (TPSA) is 49.3 Å². The van der Waals surface area contributed by atoms with Gasteiger partial charge in [0.2, 0.25) is 0 Å². The Morgan fingerprint density at radius 2 is 1.86 bits per heavy atom. The fourth-order valence-electron chi connectivity index (χ4n) is 3.48. The van der Waals surface area contributed by atoms with Crippen LogP contribution in [0.4, 0.5) is 0 Å². The number of nitrogens with one attached hydrogen (secondary N) is 1. The van der Waals surface area contributed by atoms with E-state index in [4.69, 9.17) is 0 Å². The fraction of sp³-hybridized carbons (Fsp3) is 0.706. The van der Waals surface area contributed by atoms with Crippen molar-refractivity contribution in [2.24, 2.45) is 0 Å². The molecule has 3 nitrogen and oxygen atoms in total. The first-order valence-electron chi connectivity index (χ1n) is 8.34. The summed E-state index contributed by atoms with van der Waals surface area (Å²) >= 11 is 1.66. The van der Waals surface area contributed by atoms with Crippen LogP contribution in [0.1, 0.15) is 71.5 Å². The summed E-state index contributed by atoms with van der Waals surface area (Å²) in [5.74, 6) is 0.0118. The van der Waals surface area contributed by atoms with Crippen LogP contribution in [-0.2, 0) is 12.8 Å². The largest absolute Gasteiger partial charge is 0.391 e. The lowest BCUT2D eigenvalue weighted by molar-refractivity contribution is 0.0720. The lowest BCUT2D eigenvalue weighted by Gasteiger charge is -2.28. The van der Waals surface area contributed by atoms with Gasteiger partial charge in [-0.1, -0.05) is 25.7 Å². The van der Waals surface area contributed by atoms with Crippen LogP contribution in [0.3, 0.4) is 0 Å². The van der Waals surface area contributed by atoms with Crippen LogP contribution >= 0.6 is 11.3 Å². The second-order valence-corrected chi connectivity index (χ2v) is 7.54. The molecule has 2 N–H and O–H groups in total. The maximum atomic E-state index is 12.4. The fourth-order valence-corrected chi connectivity index (χ4v) is 4.63. The lowest BCUT2D eigenvalue weighted by Crippen LogP contribution is -2.44. The Balaban J connectivity index is 1.68. The highest BCUT2D eigenvalue weighted by atomic mass is 32.1. The van der Waals surface area contributed by atoms with Gasteiger partial charge in [-0.25, -0.2) is 0 Å². The molecular formula is C17H25NO2S. The standard InChI is InChI=1S/C17H25NO2S/c19-14-9-6-5-8-13(14)18-17(20)16-11-12-7-3-1-2-4-10-15(12)21-16/h11,13-14,19H,1-10H2,(H,18,20)/t13-,14-/m0/s1. The molecule has 0 aliphatic heterocycles. The molecule has 21 heavy (non-hydrogen) atoms. The summed E-state index contributed by atoms with van der Waals surface area (Å²) in [6, 6.07) is 2.03. The minimum atomic E-state index is -0.372. The van der Waals surface area contributed by atoms with Crippen molar-refractivity contribution in [3.8, 4) is 0 Å². The molecule has 0 spiro atoms. The van der Waals surface area contributed by atoms with E-state index in [1.807, 2.05) is 0 Å². The molecule has 116 valence electrons. The van der Waals surface area contributed by atoms with Gasteiger partial charge >= 0.3 is 0 Å². The zero-order chi connectivity index (χ0) is 14.7. The first-order chi connectivity index (χ1) is 10.2. The van der Waals surface area contributed by atoms with E-state index in [1.165, 1.54) is 36.1 Å². The van der Waals surface area contributed by atoms with E-state index in [2.05, 4.69) is 11.4 Å². The van der Waals surface area contributed by atoms with Gasteiger partial charge in [-0.15, -0.1) is 11.3 Å². The number of aliphatic hydroxyl groups is 1. The van der Waals surface area contributed by atoms with Crippen LogP contribution in [0.2, 0.25) is 0 Å². The van der Waals surface area contributed by atoms with Crippen molar-refractivity contribution in [3.63, 3.8) is 0 Å². The van der Waals surface area contributed by atoms with Gasteiger partial charge in [0.05, 0.1) is 17.0 Å². The van der Waals surface area contributed by atoms with E-state index in [9.17, 15) is 9.90 Å². The molecule has 1 aromatic rings. The SMILES string of the molecule is O=C(N[C@H]1CCCC[C@@H]1O)c1cc2c(s1)CCCCCC2. The van der Waals surface area contributed by atoms with Crippen LogP contribution in [0.25, 0.3) is 0 Å². The lowest BCUT2D eigenvalue weighted by atomic mass is 9.92. The molecule has 2 atom stereocenters. The summed E-state index contributed by atoms with van der Waals surface area (Å²) < 4.78 is 0. The first kappa shape index (κ1) is 15.0. The second-order valence-electron chi connectivity index (χ2n) is 6.41. The average Bonchev–Trinajstić information content (AvgIpc) is 2.84. The molecule has 0 bridgehead atoms. The van der Waals surface area contributed by atoms with E-state index < -0.39 is 0 Å². The zero-order valence-corrected chi connectivity index (χ0v) is 13.4. The highest BCUT2D eigenvalue weighted by molar-refractivity contribution is 7.14. The number of rotatable bonds is 2. The Kier molecular flexibility index (Phi) is 4.96. The summed E-state index contributed by atoms with van der Waals surface area (Å²) in [5, 5.41) is 13.0. The van der Waals surface area contributed by atoms with Crippen molar-refractivity contribution in [2.75, 3.05) is 0 Å². The van der Waals surface area contributed by atoms with Crippen molar-refractivity contribution in [2.45, 2.75) is 76.4 Å². The minimum absolute atomic E-state index is 0.0118. The van der Waals surface area contributed by atoms with E-state index in [0.29, 0.717) is 0 Å². The molecule has 1 fully saturated rings. The Hall–Kier alpha value is -0.870. The number of aliphatic hydroxyl groups excluding tert-OH is 1. The van der Waals surface area contributed by atoms with Gasteiger partial charge in [-0.05, 0) is 50.2 Å². The first-order valence-corrected chi connectivity index (χ1v) is 9.16. The van der Waals surface area contributed by atoms with Gasteiger partial charge in [-0.3, -0.25) is 4.79 Å². The molecule has 0 radical (unpaired) electrons. The molecule has 1 aromatic heterocycles. The third-order valence-corrected chi connectivity index (χ3v) is 6.00. The summed E-state index contributed by atoms with van der Waals surface area (Å²) in [6.07, 6.45) is 10.9. The number of fused-ring (bicyclic) bond motifs is 1. The predicted molar refractivity (Wildman–Crippen MR) is 85.9 cm³/mol. The normalized spacial score (nSPS) is 26.5. The average molecular weight is 307 g/mol. The van der Waals surface area contributed by atoms with Crippen molar-refractivity contribution < 1.29 is 9.90 Å². The van der Waals surface area contributed by atoms with Crippen molar-refractivity contribution in [3.05, 3.63) is 21.4 Å². The molecule has 1 saturated carbocycles.